The van der Waals surface area contributed by atoms with E-state index in [-0.39, 0.29) is 11.1 Å². The van der Waals surface area contributed by atoms with Gasteiger partial charge >= 0.3 is 0 Å². The molecule has 0 unspecified atom stereocenters. The van der Waals surface area contributed by atoms with Crippen LogP contribution in [-0.2, 0) is 5.75 Å². The maximum absolute atomic E-state index is 12.4. The number of aryl methyl sites for hydroxylation is 2. The number of aromatic amines is 1. The Hall–Kier alpha value is -3.24. The molecule has 1 aromatic carbocycles. The van der Waals surface area contributed by atoms with Crippen LogP contribution in [0.5, 0.6) is 0 Å². The molecule has 0 aliphatic carbocycles. The quantitative estimate of drug-likeness (QED) is 0.435. The first-order chi connectivity index (χ1) is 14.5. The highest BCUT2D eigenvalue weighted by atomic mass is 32.2. The second kappa shape index (κ2) is 7.22. The van der Waals surface area contributed by atoms with E-state index in [2.05, 4.69) is 20.1 Å². The lowest BCUT2D eigenvalue weighted by atomic mass is 10.1. The third-order valence-electron chi connectivity index (χ3n) is 4.61. The van der Waals surface area contributed by atoms with Crippen molar-refractivity contribution in [3.63, 3.8) is 0 Å². The Morgan fingerprint density at radius 3 is 2.67 bits per heavy atom. The summed E-state index contributed by atoms with van der Waals surface area (Å²) in [6, 6.07) is 10.9. The number of H-pyrrole nitrogens is 1. The van der Waals surface area contributed by atoms with Crippen molar-refractivity contribution in [2.75, 3.05) is 0 Å². The Kier molecular flexibility index (Phi) is 4.52. The van der Waals surface area contributed by atoms with Crippen LogP contribution in [0.3, 0.4) is 0 Å². The summed E-state index contributed by atoms with van der Waals surface area (Å²) in [5.41, 5.74) is 3.68. The van der Waals surface area contributed by atoms with Gasteiger partial charge in [0.05, 0.1) is 5.69 Å². The molecule has 10 heteroatoms. The maximum atomic E-state index is 12.4. The molecule has 8 nitrogen and oxygen atoms in total. The first-order valence-electron chi connectivity index (χ1n) is 9.14. The van der Waals surface area contributed by atoms with Crippen molar-refractivity contribution in [2.45, 2.75) is 24.8 Å². The van der Waals surface area contributed by atoms with Gasteiger partial charge in [-0.3, -0.25) is 19.1 Å². The zero-order valence-corrected chi connectivity index (χ0v) is 17.8. The van der Waals surface area contributed by atoms with Gasteiger partial charge in [-0.15, -0.1) is 11.3 Å². The largest absolute Gasteiger partial charge is 0.269 e. The molecule has 0 radical (unpaired) electrons. The van der Waals surface area contributed by atoms with Gasteiger partial charge in [0.25, 0.3) is 11.1 Å². The van der Waals surface area contributed by atoms with Gasteiger partial charge in [0, 0.05) is 34.5 Å². The van der Waals surface area contributed by atoms with Gasteiger partial charge in [0.1, 0.15) is 0 Å². The third-order valence-corrected chi connectivity index (χ3v) is 6.53. The highest BCUT2D eigenvalue weighted by molar-refractivity contribution is 7.98. The summed E-state index contributed by atoms with van der Waals surface area (Å²) in [5, 5.41) is 5.21. The minimum absolute atomic E-state index is 0.100. The summed E-state index contributed by atoms with van der Waals surface area (Å²) in [6.45, 7) is 3.90. The number of hydrogen-bond acceptors (Lipinski definition) is 7. The summed E-state index contributed by atoms with van der Waals surface area (Å²) in [7, 11) is 0. The van der Waals surface area contributed by atoms with E-state index in [1.165, 1.54) is 35.2 Å². The molecule has 0 saturated heterocycles. The van der Waals surface area contributed by atoms with Crippen molar-refractivity contribution in [2.24, 2.45) is 0 Å². The monoisotopic (exact) mass is 436 g/mol. The van der Waals surface area contributed by atoms with Crippen LogP contribution in [0.25, 0.3) is 22.0 Å². The molecule has 1 N–H and O–H groups in total. The number of hydrogen-bond donors (Lipinski definition) is 1. The molecule has 30 heavy (non-hydrogen) atoms. The van der Waals surface area contributed by atoms with E-state index in [0.29, 0.717) is 33.0 Å². The fourth-order valence-electron chi connectivity index (χ4n) is 3.13. The van der Waals surface area contributed by atoms with Crippen LogP contribution in [0.4, 0.5) is 0 Å². The molecule has 150 valence electrons. The SMILES string of the molecule is Cc1ccc(-c2nc(SCc3cc(=O)n4c(C)csc4n3)n3[nH]c(=O)cc3n2)cc1. The predicted octanol–water partition coefficient (Wildman–Crippen LogP) is 3.06. The molecular formula is C20H16N6O2S2. The number of nitrogens with one attached hydrogen (secondary N) is 1. The normalized spacial score (nSPS) is 11.5. The predicted molar refractivity (Wildman–Crippen MR) is 117 cm³/mol. The highest BCUT2D eigenvalue weighted by Crippen LogP contribution is 2.24. The lowest BCUT2D eigenvalue weighted by Gasteiger charge is -2.08. The van der Waals surface area contributed by atoms with Crippen LogP contribution in [0.2, 0.25) is 0 Å². The van der Waals surface area contributed by atoms with E-state index >= 15 is 0 Å². The minimum Gasteiger partial charge on any atom is -0.269 e. The topological polar surface area (TPSA) is 97.4 Å². The molecule has 5 aromatic rings. The molecular weight excluding hydrogens is 420 g/mol. The van der Waals surface area contributed by atoms with Gasteiger partial charge in [0.2, 0.25) is 0 Å². The molecule has 0 fully saturated rings. The Bertz CT molecular complexity index is 1510. The molecule has 0 amide bonds. The van der Waals surface area contributed by atoms with Crippen molar-refractivity contribution in [3.05, 3.63) is 79.4 Å². The van der Waals surface area contributed by atoms with Crippen LogP contribution >= 0.6 is 23.1 Å². The number of thioether (sulfide) groups is 1. The summed E-state index contributed by atoms with van der Waals surface area (Å²) in [5.74, 6) is 0.969. The van der Waals surface area contributed by atoms with E-state index < -0.39 is 0 Å². The fraction of sp³-hybridized carbons (Fsp3) is 0.150. The highest BCUT2D eigenvalue weighted by Gasteiger charge is 2.13. The molecule has 5 rings (SSSR count). The summed E-state index contributed by atoms with van der Waals surface area (Å²) in [4.78, 5) is 38.7. The van der Waals surface area contributed by atoms with Crippen LogP contribution in [0.15, 0.2) is 56.5 Å². The number of fused-ring (bicyclic) bond motifs is 2. The smallest absolute Gasteiger partial charge is 0.266 e. The van der Waals surface area contributed by atoms with E-state index in [0.717, 1.165) is 16.8 Å². The van der Waals surface area contributed by atoms with E-state index in [1.807, 2.05) is 43.5 Å². The summed E-state index contributed by atoms with van der Waals surface area (Å²) < 4.78 is 3.16. The van der Waals surface area contributed by atoms with Crippen molar-refractivity contribution in [1.82, 2.24) is 29.0 Å². The van der Waals surface area contributed by atoms with Gasteiger partial charge in [-0.2, -0.15) is 0 Å². The van der Waals surface area contributed by atoms with Gasteiger partial charge in [-0.25, -0.2) is 19.5 Å². The Morgan fingerprint density at radius 1 is 1.07 bits per heavy atom. The van der Waals surface area contributed by atoms with Crippen molar-refractivity contribution < 1.29 is 0 Å². The van der Waals surface area contributed by atoms with Gasteiger partial charge in [0.15, 0.2) is 21.6 Å². The lowest BCUT2D eigenvalue weighted by molar-refractivity contribution is 0.766. The Labute approximate surface area is 178 Å². The Balaban J connectivity index is 1.54. The van der Waals surface area contributed by atoms with E-state index in [4.69, 9.17) is 0 Å². The van der Waals surface area contributed by atoms with Crippen LogP contribution in [0.1, 0.15) is 17.0 Å². The van der Waals surface area contributed by atoms with Crippen molar-refractivity contribution in [1.29, 1.82) is 0 Å². The first kappa shape index (κ1) is 18.8. The van der Waals surface area contributed by atoms with Crippen LogP contribution in [0, 0.1) is 13.8 Å². The third kappa shape index (κ3) is 3.33. The first-order valence-corrected chi connectivity index (χ1v) is 11.0. The van der Waals surface area contributed by atoms with Crippen LogP contribution in [-0.4, -0.2) is 29.0 Å². The number of nitrogens with zero attached hydrogens (tertiary/aromatic N) is 5. The molecule has 0 bridgehead atoms. The fourth-order valence-corrected chi connectivity index (χ4v) is 4.86. The lowest BCUT2D eigenvalue weighted by Crippen LogP contribution is -2.14. The average molecular weight is 437 g/mol. The Morgan fingerprint density at radius 2 is 1.87 bits per heavy atom. The standard InChI is InChI=1S/C20H16N6O2S2/c1-11-3-5-13(6-4-11)18-22-15-8-16(27)24-26(15)20(23-18)30-10-14-7-17(28)25-12(2)9-29-19(25)21-14/h3-9H,10H2,1-2H3,(H,24,27). The molecule has 0 spiro atoms. The maximum Gasteiger partial charge on any atom is 0.266 e. The molecule has 0 atom stereocenters. The van der Waals surface area contributed by atoms with E-state index in [1.54, 1.807) is 8.92 Å². The molecule has 0 saturated carbocycles. The summed E-state index contributed by atoms with van der Waals surface area (Å²) >= 11 is 2.82. The van der Waals surface area contributed by atoms with Crippen molar-refractivity contribution >= 4 is 33.7 Å². The van der Waals surface area contributed by atoms with Crippen LogP contribution < -0.4 is 11.1 Å². The minimum atomic E-state index is -0.251. The number of aromatic nitrogens is 6. The molecule has 0 aliphatic rings. The molecule has 0 aliphatic heterocycles. The second-order valence-corrected chi connectivity index (χ2v) is 8.66. The number of rotatable bonds is 4. The zero-order valence-electron chi connectivity index (χ0n) is 16.1. The van der Waals surface area contributed by atoms with Gasteiger partial charge < -0.3 is 0 Å². The van der Waals surface area contributed by atoms with Gasteiger partial charge in [-0.05, 0) is 13.8 Å². The van der Waals surface area contributed by atoms with E-state index in [9.17, 15) is 9.59 Å². The van der Waals surface area contributed by atoms with Crippen molar-refractivity contribution in [3.8, 4) is 11.4 Å². The average Bonchev–Trinajstić information content (AvgIpc) is 3.28. The summed E-state index contributed by atoms with van der Waals surface area (Å²) in [6.07, 6.45) is 0. The molecule has 4 aromatic heterocycles. The number of thiazole rings is 1. The second-order valence-electron chi connectivity index (χ2n) is 6.88. The molecule has 4 heterocycles. The zero-order chi connectivity index (χ0) is 20.8. The van der Waals surface area contributed by atoms with Gasteiger partial charge in [-0.1, -0.05) is 41.6 Å². The number of benzene rings is 1.